The van der Waals surface area contributed by atoms with E-state index in [4.69, 9.17) is 9.47 Å². The number of hydrogen-bond donors (Lipinski definition) is 0. The molecule has 0 N–H and O–H groups in total. The maximum Gasteiger partial charge on any atom is 0.293 e. The van der Waals surface area contributed by atoms with Crippen molar-refractivity contribution in [2.45, 2.75) is 13.5 Å². The van der Waals surface area contributed by atoms with E-state index < -0.39 is 0 Å². The third-order valence-electron chi connectivity index (χ3n) is 4.98. The number of benzene rings is 3. The molecule has 4 rings (SSSR count). The van der Waals surface area contributed by atoms with Gasteiger partial charge in [-0.25, -0.2) is 0 Å². The van der Waals surface area contributed by atoms with E-state index >= 15 is 0 Å². The van der Waals surface area contributed by atoms with E-state index in [1.807, 2.05) is 67.6 Å². The van der Waals surface area contributed by atoms with Gasteiger partial charge in [-0.15, -0.1) is 0 Å². The number of rotatable bonds is 8. The summed E-state index contributed by atoms with van der Waals surface area (Å²) in [6.45, 7) is 2.90. The molecule has 0 unspecified atom stereocenters. The highest BCUT2D eigenvalue weighted by Crippen LogP contribution is 2.38. The highest BCUT2D eigenvalue weighted by Gasteiger charge is 2.34. The fourth-order valence-corrected chi connectivity index (χ4v) is 5.69. The van der Waals surface area contributed by atoms with Gasteiger partial charge < -0.3 is 9.47 Å². The lowest BCUT2D eigenvalue weighted by Gasteiger charge is -2.13. The number of imide groups is 1. The van der Waals surface area contributed by atoms with Crippen LogP contribution in [0.5, 0.6) is 11.5 Å². The number of para-hydroxylation sites is 1. The molecule has 0 saturated carbocycles. The Balaban J connectivity index is 1.41. The van der Waals surface area contributed by atoms with Crippen LogP contribution in [0.2, 0.25) is 0 Å². The lowest BCUT2D eigenvalue weighted by molar-refractivity contribution is -0.123. The van der Waals surface area contributed by atoms with Crippen molar-refractivity contribution in [1.82, 2.24) is 4.90 Å². The number of amides is 2. The largest absolute Gasteiger partial charge is 0.492 e. The number of nitrogens with zero attached hydrogens (tertiary/aromatic N) is 1. The summed E-state index contributed by atoms with van der Waals surface area (Å²) in [7, 11) is 0. The topological polar surface area (TPSA) is 55.8 Å². The van der Waals surface area contributed by atoms with Gasteiger partial charge in [-0.05, 0) is 92.0 Å². The standard InChI is InChI=1S/C26H21Br2NO4S/c1-17-6-5-7-18(12-17)16-33-24-21(27)13-19(14-22(24)28)15-23-25(30)29(26(31)34-23)10-11-32-20-8-3-2-4-9-20/h2-9,12-15H,10-11,16H2,1H3/b23-15-. The highest BCUT2D eigenvalue weighted by molar-refractivity contribution is 9.11. The Labute approximate surface area is 219 Å². The van der Waals surface area contributed by atoms with Crippen LogP contribution < -0.4 is 9.47 Å². The monoisotopic (exact) mass is 601 g/mol. The fraction of sp³-hybridized carbons (Fsp3) is 0.154. The van der Waals surface area contributed by atoms with E-state index in [0.29, 0.717) is 23.0 Å². The second kappa shape index (κ2) is 11.3. The van der Waals surface area contributed by atoms with E-state index in [0.717, 1.165) is 31.8 Å². The van der Waals surface area contributed by atoms with Gasteiger partial charge in [-0.2, -0.15) is 0 Å². The summed E-state index contributed by atoms with van der Waals surface area (Å²) in [5, 5.41) is -0.302. The molecule has 8 heteroatoms. The molecular formula is C26H21Br2NO4S. The minimum atomic E-state index is -0.321. The van der Waals surface area contributed by atoms with E-state index in [1.165, 1.54) is 10.5 Å². The lowest BCUT2D eigenvalue weighted by atomic mass is 10.1. The van der Waals surface area contributed by atoms with E-state index in [1.54, 1.807) is 6.08 Å². The minimum absolute atomic E-state index is 0.191. The molecule has 1 aliphatic rings. The molecule has 0 spiro atoms. The Hall–Kier alpha value is -2.55. The first-order valence-corrected chi connectivity index (χ1v) is 12.9. The van der Waals surface area contributed by atoms with Crippen molar-refractivity contribution in [3.63, 3.8) is 0 Å². The van der Waals surface area contributed by atoms with Crippen LogP contribution >= 0.6 is 43.6 Å². The predicted octanol–water partition coefficient (Wildman–Crippen LogP) is 7.21. The zero-order valence-electron chi connectivity index (χ0n) is 18.3. The molecule has 0 aromatic heterocycles. The van der Waals surface area contributed by atoms with Gasteiger partial charge >= 0.3 is 0 Å². The normalized spacial score (nSPS) is 14.7. The number of carbonyl (C=O) groups is 2. The number of thioether (sulfide) groups is 1. The molecule has 1 heterocycles. The predicted molar refractivity (Wildman–Crippen MR) is 142 cm³/mol. The molecule has 0 bridgehead atoms. The maximum absolute atomic E-state index is 12.8. The molecule has 0 radical (unpaired) electrons. The Morgan fingerprint density at radius 3 is 2.38 bits per heavy atom. The first-order valence-electron chi connectivity index (χ1n) is 10.5. The number of aryl methyl sites for hydroxylation is 1. The van der Waals surface area contributed by atoms with Gasteiger partial charge in [0.15, 0.2) is 0 Å². The van der Waals surface area contributed by atoms with E-state index in [-0.39, 0.29) is 24.3 Å². The Morgan fingerprint density at radius 2 is 1.68 bits per heavy atom. The number of halogens is 2. The van der Waals surface area contributed by atoms with Crippen molar-refractivity contribution >= 4 is 60.8 Å². The first-order chi connectivity index (χ1) is 16.4. The minimum Gasteiger partial charge on any atom is -0.492 e. The Morgan fingerprint density at radius 1 is 0.941 bits per heavy atom. The van der Waals surface area contributed by atoms with Crippen LogP contribution in [0.25, 0.3) is 6.08 Å². The lowest BCUT2D eigenvalue weighted by Crippen LogP contribution is -2.32. The van der Waals surface area contributed by atoms with Crippen molar-refractivity contribution in [1.29, 1.82) is 0 Å². The first kappa shape index (κ1) is 24.6. The van der Waals surface area contributed by atoms with Crippen LogP contribution in [0.1, 0.15) is 16.7 Å². The third kappa shape index (κ3) is 6.11. The van der Waals surface area contributed by atoms with Crippen molar-refractivity contribution < 1.29 is 19.1 Å². The summed E-state index contributed by atoms with van der Waals surface area (Å²) in [5.74, 6) is 1.05. The molecule has 0 atom stereocenters. The third-order valence-corrected chi connectivity index (χ3v) is 7.07. The molecular weight excluding hydrogens is 582 g/mol. The Bertz CT molecular complexity index is 1220. The molecule has 2 amide bonds. The maximum atomic E-state index is 12.8. The summed E-state index contributed by atoms with van der Waals surface area (Å²) in [4.78, 5) is 26.8. The summed E-state index contributed by atoms with van der Waals surface area (Å²) in [5.41, 5.74) is 3.02. The van der Waals surface area contributed by atoms with E-state index in [9.17, 15) is 9.59 Å². The van der Waals surface area contributed by atoms with Gasteiger partial charge in [0, 0.05) is 0 Å². The average Bonchev–Trinajstić information content (AvgIpc) is 3.06. The van der Waals surface area contributed by atoms with Crippen molar-refractivity contribution in [2.75, 3.05) is 13.2 Å². The molecule has 1 aliphatic heterocycles. The van der Waals surface area contributed by atoms with Gasteiger partial charge in [0.2, 0.25) is 0 Å². The second-order valence-electron chi connectivity index (χ2n) is 7.59. The van der Waals surface area contributed by atoms with Crippen LogP contribution in [0.15, 0.2) is 80.6 Å². The van der Waals surface area contributed by atoms with Gasteiger partial charge in [0.05, 0.1) is 20.4 Å². The van der Waals surface area contributed by atoms with Crippen LogP contribution in [0.3, 0.4) is 0 Å². The molecule has 0 aliphatic carbocycles. The van der Waals surface area contributed by atoms with Crippen LogP contribution in [0, 0.1) is 6.92 Å². The molecule has 3 aromatic rings. The quantitative estimate of drug-likeness (QED) is 0.255. The summed E-state index contributed by atoms with van der Waals surface area (Å²) >= 11 is 8.05. The fourth-order valence-electron chi connectivity index (χ4n) is 3.37. The van der Waals surface area contributed by atoms with Gasteiger partial charge in [0.1, 0.15) is 24.7 Å². The molecule has 34 heavy (non-hydrogen) atoms. The molecule has 174 valence electrons. The second-order valence-corrected chi connectivity index (χ2v) is 10.3. The van der Waals surface area contributed by atoms with Gasteiger partial charge in [-0.1, -0.05) is 48.0 Å². The summed E-state index contributed by atoms with van der Waals surface area (Å²) in [6, 6.07) is 21.2. The van der Waals surface area contributed by atoms with Crippen molar-refractivity contribution in [3.8, 4) is 11.5 Å². The van der Waals surface area contributed by atoms with Crippen LogP contribution in [-0.4, -0.2) is 29.2 Å². The van der Waals surface area contributed by atoms with Gasteiger partial charge in [-0.3, -0.25) is 14.5 Å². The average molecular weight is 603 g/mol. The number of ether oxygens (including phenoxy) is 2. The number of hydrogen-bond acceptors (Lipinski definition) is 5. The van der Waals surface area contributed by atoms with Crippen LogP contribution in [0.4, 0.5) is 4.79 Å². The number of carbonyl (C=O) groups excluding carboxylic acids is 2. The zero-order chi connectivity index (χ0) is 24.1. The SMILES string of the molecule is Cc1cccc(COc2c(Br)cc(/C=C3\SC(=O)N(CCOc4ccccc4)C3=O)cc2Br)c1. The molecule has 1 saturated heterocycles. The van der Waals surface area contributed by atoms with Crippen molar-refractivity contribution in [2.24, 2.45) is 0 Å². The Kier molecular flexibility index (Phi) is 8.13. The molecule has 5 nitrogen and oxygen atoms in total. The summed E-state index contributed by atoms with van der Waals surface area (Å²) < 4.78 is 13.1. The van der Waals surface area contributed by atoms with Crippen LogP contribution in [-0.2, 0) is 11.4 Å². The van der Waals surface area contributed by atoms with Crippen molar-refractivity contribution in [3.05, 3.63) is 97.3 Å². The zero-order valence-corrected chi connectivity index (χ0v) is 22.3. The molecule has 1 fully saturated rings. The molecule has 3 aromatic carbocycles. The van der Waals surface area contributed by atoms with Gasteiger partial charge in [0.25, 0.3) is 11.1 Å². The van der Waals surface area contributed by atoms with E-state index in [2.05, 4.69) is 37.9 Å². The smallest absolute Gasteiger partial charge is 0.293 e. The summed E-state index contributed by atoms with van der Waals surface area (Å²) in [6.07, 6.45) is 1.71. The highest BCUT2D eigenvalue weighted by atomic mass is 79.9.